The van der Waals surface area contributed by atoms with Crippen molar-refractivity contribution in [3.05, 3.63) is 29.6 Å². The average molecular weight is 288 g/mol. The number of hydrogen-bond donors (Lipinski definition) is 1. The van der Waals surface area contributed by atoms with Crippen LogP contribution in [0.25, 0.3) is 11.0 Å². The van der Waals surface area contributed by atoms with Gasteiger partial charge in [0.2, 0.25) is 0 Å². The molecule has 0 spiro atoms. The van der Waals surface area contributed by atoms with Gasteiger partial charge in [0, 0.05) is 12.5 Å². The van der Waals surface area contributed by atoms with Gasteiger partial charge in [-0.3, -0.25) is 0 Å². The molecule has 1 atom stereocenters. The van der Waals surface area contributed by atoms with Gasteiger partial charge in [-0.15, -0.1) is 0 Å². The maximum atomic E-state index is 11.5. The Kier molecular flexibility index (Phi) is 4.35. The maximum Gasteiger partial charge on any atom is 0.337 e. The lowest BCUT2D eigenvalue weighted by Crippen LogP contribution is -2.17. The summed E-state index contributed by atoms with van der Waals surface area (Å²) in [4.78, 5) is 16.2. The van der Waals surface area contributed by atoms with Gasteiger partial charge in [-0.2, -0.15) is 0 Å². The number of rotatable bonds is 5. The zero-order valence-corrected chi connectivity index (χ0v) is 13.4. The van der Waals surface area contributed by atoms with Gasteiger partial charge in [-0.25, -0.2) is 9.78 Å². The van der Waals surface area contributed by atoms with Crippen molar-refractivity contribution in [1.82, 2.24) is 9.55 Å². The second-order valence-electron chi connectivity index (χ2n) is 6.44. The first-order chi connectivity index (χ1) is 9.82. The van der Waals surface area contributed by atoms with Crippen LogP contribution in [0.15, 0.2) is 18.2 Å². The molecule has 0 aliphatic rings. The number of aromatic nitrogens is 2. The predicted molar refractivity (Wildman–Crippen MR) is 84.8 cm³/mol. The third-order valence-corrected chi connectivity index (χ3v) is 4.15. The number of carbonyl (C=O) groups is 1. The average Bonchev–Trinajstić information content (AvgIpc) is 2.77. The molecule has 0 fully saturated rings. The quantitative estimate of drug-likeness (QED) is 0.899. The van der Waals surface area contributed by atoms with Gasteiger partial charge in [0.15, 0.2) is 0 Å². The van der Waals surface area contributed by atoms with Crippen LogP contribution in [-0.2, 0) is 6.54 Å². The van der Waals surface area contributed by atoms with Gasteiger partial charge >= 0.3 is 5.97 Å². The number of carboxylic acids is 1. The molecule has 0 aliphatic heterocycles. The van der Waals surface area contributed by atoms with Crippen LogP contribution >= 0.6 is 0 Å². The summed E-state index contributed by atoms with van der Waals surface area (Å²) >= 11 is 0. The van der Waals surface area contributed by atoms with E-state index in [2.05, 4.69) is 44.2 Å². The molecule has 1 heterocycles. The van der Waals surface area contributed by atoms with E-state index in [-0.39, 0.29) is 5.92 Å². The van der Waals surface area contributed by atoms with E-state index in [1.165, 1.54) is 0 Å². The highest BCUT2D eigenvalue weighted by Crippen LogP contribution is 2.27. The van der Waals surface area contributed by atoms with Crippen molar-refractivity contribution < 1.29 is 9.90 Å². The Morgan fingerprint density at radius 2 is 1.90 bits per heavy atom. The van der Waals surface area contributed by atoms with Crippen LogP contribution in [0.3, 0.4) is 0 Å². The molecule has 0 radical (unpaired) electrons. The number of para-hydroxylation sites is 1. The Morgan fingerprint density at radius 3 is 2.43 bits per heavy atom. The van der Waals surface area contributed by atoms with Gasteiger partial charge in [-0.1, -0.05) is 40.7 Å². The van der Waals surface area contributed by atoms with E-state index in [0.717, 1.165) is 23.4 Å². The smallest absolute Gasteiger partial charge is 0.337 e. The largest absolute Gasteiger partial charge is 0.478 e. The predicted octanol–water partition coefficient (Wildman–Crippen LogP) is 4.15. The molecule has 1 aromatic heterocycles. The first-order valence-corrected chi connectivity index (χ1v) is 7.55. The van der Waals surface area contributed by atoms with Crippen molar-refractivity contribution in [2.45, 2.75) is 47.1 Å². The number of imidazole rings is 1. The molecule has 0 bridgehead atoms. The highest BCUT2D eigenvalue weighted by Gasteiger charge is 2.21. The van der Waals surface area contributed by atoms with Gasteiger partial charge in [0.25, 0.3) is 0 Å². The fraction of sp³-hybridized carbons (Fsp3) is 0.529. The molecule has 0 saturated carbocycles. The summed E-state index contributed by atoms with van der Waals surface area (Å²) in [6.07, 6.45) is 0. The Labute approximate surface area is 125 Å². The van der Waals surface area contributed by atoms with Crippen molar-refractivity contribution in [2.24, 2.45) is 11.8 Å². The summed E-state index contributed by atoms with van der Waals surface area (Å²) in [5.41, 5.74) is 1.86. The van der Waals surface area contributed by atoms with Gasteiger partial charge < -0.3 is 9.67 Å². The van der Waals surface area contributed by atoms with E-state index in [1.807, 2.05) is 6.07 Å². The van der Waals surface area contributed by atoms with Crippen LogP contribution in [-0.4, -0.2) is 20.6 Å². The number of fused-ring (bicyclic) bond motifs is 1. The molecule has 2 aromatic rings. The van der Waals surface area contributed by atoms with E-state index >= 15 is 0 Å². The van der Waals surface area contributed by atoms with Crippen LogP contribution < -0.4 is 0 Å². The molecule has 0 amide bonds. The third-order valence-electron chi connectivity index (χ3n) is 4.15. The zero-order valence-electron chi connectivity index (χ0n) is 13.4. The number of carboxylic acid groups (broad SMARTS) is 1. The van der Waals surface area contributed by atoms with Crippen LogP contribution in [0, 0.1) is 11.8 Å². The molecule has 2 rings (SSSR count). The van der Waals surface area contributed by atoms with Gasteiger partial charge in [0.1, 0.15) is 5.82 Å². The topological polar surface area (TPSA) is 55.1 Å². The van der Waals surface area contributed by atoms with E-state index in [1.54, 1.807) is 12.1 Å². The van der Waals surface area contributed by atoms with E-state index in [4.69, 9.17) is 0 Å². The van der Waals surface area contributed by atoms with Crippen molar-refractivity contribution in [2.75, 3.05) is 0 Å². The summed E-state index contributed by atoms with van der Waals surface area (Å²) in [5.74, 6) is 1.33. The summed E-state index contributed by atoms with van der Waals surface area (Å²) in [7, 11) is 0. The molecular formula is C17H24N2O2. The fourth-order valence-electron chi connectivity index (χ4n) is 2.50. The Bertz CT molecular complexity index is 656. The number of aromatic carboxylic acids is 1. The first kappa shape index (κ1) is 15.5. The van der Waals surface area contributed by atoms with E-state index in [0.29, 0.717) is 17.4 Å². The summed E-state index contributed by atoms with van der Waals surface area (Å²) < 4.78 is 2.11. The molecule has 114 valence electrons. The molecular weight excluding hydrogens is 264 g/mol. The van der Waals surface area contributed by atoms with Crippen molar-refractivity contribution in [1.29, 1.82) is 0 Å². The number of hydrogen-bond acceptors (Lipinski definition) is 2. The van der Waals surface area contributed by atoms with Crippen LogP contribution in [0.5, 0.6) is 0 Å². The number of nitrogens with zero attached hydrogens (tertiary/aromatic N) is 2. The second kappa shape index (κ2) is 5.88. The standard InChI is InChI=1S/C17H24N2O2/c1-10(2)12(5)9-19-15-13(17(20)21)7-6-8-14(15)18-16(19)11(3)4/h6-8,10-12H,9H2,1-5H3,(H,20,21). The molecule has 4 nitrogen and oxygen atoms in total. The van der Waals surface area contributed by atoms with Crippen molar-refractivity contribution >= 4 is 17.0 Å². The third kappa shape index (κ3) is 2.94. The number of benzene rings is 1. The van der Waals surface area contributed by atoms with Gasteiger partial charge in [-0.05, 0) is 24.0 Å². The molecule has 1 N–H and O–H groups in total. The highest BCUT2D eigenvalue weighted by atomic mass is 16.4. The molecule has 0 aliphatic carbocycles. The van der Waals surface area contributed by atoms with Crippen molar-refractivity contribution in [3.8, 4) is 0 Å². The lowest BCUT2D eigenvalue weighted by molar-refractivity contribution is 0.0698. The highest BCUT2D eigenvalue weighted by molar-refractivity contribution is 6.01. The van der Waals surface area contributed by atoms with Gasteiger partial charge in [0.05, 0.1) is 16.6 Å². The Hall–Kier alpha value is -1.84. The normalized spacial score (nSPS) is 13.3. The van der Waals surface area contributed by atoms with Crippen LogP contribution in [0.2, 0.25) is 0 Å². The monoisotopic (exact) mass is 288 g/mol. The van der Waals surface area contributed by atoms with Crippen LogP contribution in [0.4, 0.5) is 0 Å². The lowest BCUT2D eigenvalue weighted by Gasteiger charge is -2.20. The fourth-order valence-corrected chi connectivity index (χ4v) is 2.50. The molecule has 1 unspecified atom stereocenters. The Morgan fingerprint density at radius 1 is 1.24 bits per heavy atom. The first-order valence-electron chi connectivity index (χ1n) is 7.55. The van der Waals surface area contributed by atoms with Crippen LogP contribution in [0.1, 0.15) is 56.7 Å². The van der Waals surface area contributed by atoms with E-state index in [9.17, 15) is 9.90 Å². The molecule has 1 aromatic carbocycles. The lowest BCUT2D eigenvalue weighted by atomic mass is 9.97. The molecule has 4 heteroatoms. The SMILES string of the molecule is CC(C)c1nc2cccc(C(=O)O)c2n1CC(C)C(C)C. The summed E-state index contributed by atoms with van der Waals surface area (Å²) in [6, 6.07) is 5.32. The summed E-state index contributed by atoms with van der Waals surface area (Å²) in [6.45, 7) is 11.6. The summed E-state index contributed by atoms with van der Waals surface area (Å²) in [5, 5.41) is 9.46. The molecule has 21 heavy (non-hydrogen) atoms. The van der Waals surface area contributed by atoms with Crippen molar-refractivity contribution in [3.63, 3.8) is 0 Å². The maximum absolute atomic E-state index is 11.5. The zero-order chi connectivity index (χ0) is 15.7. The minimum Gasteiger partial charge on any atom is -0.478 e. The second-order valence-corrected chi connectivity index (χ2v) is 6.44. The minimum absolute atomic E-state index is 0.262. The van der Waals surface area contributed by atoms with E-state index < -0.39 is 5.97 Å². The minimum atomic E-state index is -0.894. The molecule has 0 saturated heterocycles. The Balaban J connectivity index is 2.68.